The van der Waals surface area contributed by atoms with E-state index in [1.165, 1.54) is 0 Å². The summed E-state index contributed by atoms with van der Waals surface area (Å²) in [5.41, 5.74) is 0.825. The number of alkyl carbamates (subject to hydrolysis) is 1. The third kappa shape index (κ3) is 5.68. The van der Waals surface area contributed by atoms with Gasteiger partial charge in [0.2, 0.25) is 5.91 Å². The van der Waals surface area contributed by atoms with Crippen molar-refractivity contribution in [2.24, 2.45) is 5.92 Å². The number of hydrogen-bond donors (Lipinski definition) is 4. The Morgan fingerprint density at radius 3 is 2.59 bits per heavy atom. The van der Waals surface area contributed by atoms with Crippen LogP contribution in [0.2, 0.25) is 0 Å². The van der Waals surface area contributed by atoms with Crippen molar-refractivity contribution >= 4 is 17.9 Å². The van der Waals surface area contributed by atoms with E-state index < -0.39 is 24.1 Å². The van der Waals surface area contributed by atoms with Crippen molar-refractivity contribution in [2.75, 3.05) is 6.54 Å². The molecule has 1 aliphatic heterocycles. The van der Waals surface area contributed by atoms with E-state index in [2.05, 4.69) is 16.0 Å². The lowest BCUT2D eigenvalue weighted by Crippen LogP contribution is -2.52. The molecule has 8 heteroatoms. The fourth-order valence-electron chi connectivity index (χ4n) is 3.06. The van der Waals surface area contributed by atoms with E-state index in [0.717, 1.165) is 18.4 Å². The van der Waals surface area contributed by atoms with Crippen LogP contribution in [0, 0.1) is 5.92 Å². The van der Waals surface area contributed by atoms with Gasteiger partial charge in [-0.05, 0) is 31.2 Å². The summed E-state index contributed by atoms with van der Waals surface area (Å²) in [4.78, 5) is 36.2. The standard InChI is InChI=1S/C19H25N3O5/c23-16(18(25)21-14-6-7-14)15(10-13-8-9-20-17(13)24)22-19(26)27-11-12-4-2-1-3-5-12/h1-5,13-16,23H,6-11H2,(H,20,24)(H,21,25)(H,22,26)/t13-,15-,16?/m0/s1. The van der Waals surface area contributed by atoms with Crippen LogP contribution in [0.25, 0.3) is 0 Å². The number of carbonyl (C=O) groups is 3. The molecule has 0 spiro atoms. The molecule has 3 atom stereocenters. The number of aliphatic hydroxyl groups is 1. The normalized spacial score (nSPS) is 21.1. The van der Waals surface area contributed by atoms with Gasteiger partial charge < -0.3 is 25.8 Å². The first-order valence-electron chi connectivity index (χ1n) is 9.26. The number of nitrogens with one attached hydrogen (secondary N) is 3. The molecule has 2 fully saturated rings. The summed E-state index contributed by atoms with van der Waals surface area (Å²) in [6.45, 7) is 0.632. The van der Waals surface area contributed by atoms with Gasteiger partial charge in [0.15, 0.2) is 6.10 Å². The second-order valence-electron chi connectivity index (χ2n) is 7.05. The van der Waals surface area contributed by atoms with Gasteiger partial charge in [0, 0.05) is 18.5 Å². The minimum absolute atomic E-state index is 0.0771. The Morgan fingerprint density at radius 1 is 1.22 bits per heavy atom. The third-order valence-corrected chi connectivity index (χ3v) is 4.79. The summed E-state index contributed by atoms with van der Waals surface area (Å²) >= 11 is 0. The van der Waals surface area contributed by atoms with Crippen LogP contribution in [0.3, 0.4) is 0 Å². The van der Waals surface area contributed by atoms with Crippen molar-refractivity contribution in [2.45, 2.75) is 50.5 Å². The Balaban J connectivity index is 1.58. The molecule has 3 rings (SSSR count). The Bertz CT molecular complexity index is 677. The van der Waals surface area contributed by atoms with Crippen LogP contribution in [0.4, 0.5) is 4.79 Å². The lowest BCUT2D eigenvalue weighted by Gasteiger charge is -2.25. The van der Waals surface area contributed by atoms with Gasteiger partial charge in [0.25, 0.3) is 5.91 Å². The van der Waals surface area contributed by atoms with E-state index in [4.69, 9.17) is 4.74 Å². The number of aliphatic hydroxyl groups excluding tert-OH is 1. The minimum Gasteiger partial charge on any atom is -0.445 e. The van der Waals surface area contributed by atoms with Gasteiger partial charge >= 0.3 is 6.09 Å². The molecule has 2 aliphatic rings. The first-order valence-corrected chi connectivity index (χ1v) is 9.26. The maximum atomic E-state index is 12.2. The van der Waals surface area contributed by atoms with E-state index in [1.54, 1.807) is 0 Å². The molecule has 8 nitrogen and oxygen atoms in total. The zero-order valence-corrected chi connectivity index (χ0v) is 15.0. The molecule has 1 heterocycles. The predicted molar refractivity (Wildman–Crippen MR) is 96.5 cm³/mol. The van der Waals surface area contributed by atoms with Crippen molar-refractivity contribution in [1.82, 2.24) is 16.0 Å². The molecule has 0 radical (unpaired) electrons. The first kappa shape index (κ1) is 19.2. The number of carbonyl (C=O) groups excluding carboxylic acids is 3. The largest absolute Gasteiger partial charge is 0.445 e. The fourth-order valence-corrected chi connectivity index (χ4v) is 3.06. The smallest absolute Gasteiger partial charge is 0.407 e. The monoisotopic (exact) mass is 375 g/mol. The maximum Gasteiger partial charge on any atom is 0.407 e. The van der Waals surface area contributed by atoms with Crippen molar-refractivity contribution in [1.29, 1.82) is 0 Å². The molecule has 1 saturated heterocycles. The highest BCUT2D eigenvalue weighted by Crippen LogP contribution is 2.21. The van der Waals surface area contributed by atoms with Gasteiger partial charge in [-0.25, -0.2) is 4.79 Å². The quantitative estimate of drug-likeness (QED) is 0.526. The molecule has 1 aromatic rings. The number of rotatable bonds is 8. The fraction of sp³-hybridized carbons (Fsp3) is 0.526. The number of ether oxygens (including phenoxy) is 1. The average molecular weight is 375 g/mol. The SMILES string of the molecule is O=C(N[C@@H](C[C@@H]1CCNC1=O)C(O)C(=O)NC1CC1)OCc1ccccc1. The number of benzene rings is 1. The molecule has 27 heavy (non-hydrogen) atoms. The Hall–Kier alpha value is -2.61. The van der Waals surface area contributed by atoms with E-state index >= 15 is 0 Å². The average Bonchev–Trinajstić information content (AvgIpc) is 3.40. The van der Waals surface area contributed by atoms with E-state index in [9.17, 15) is 19.5 Å². The molecule has 0 aromatic heterocycles. The Labute approximate surface area is 157 Å². The lowest BCUT2D eigenvalue weighted by atomic mass is 9.94. The summed E-state index contributed by atoms with van der Waals surface area (Å²) in [5, 5.41) is 18.4. The predicted octanol–water partition coefficient (Wildman–Crippen LogP) is 0.447. The summed E-state index contributed by atoms with van der Waals surface area (Å²) in [6.07, 6.45) is 0.378. The number of hydrogen-bond acceptors (Lipinski definition) is 5. The van der Waals surface area contributed by atoms with Crippen LogP contribution in [0.15, 0.2) is 30.3 Å². The highest BCUT2D eigenvalue weighted by molar-refractivity contribution is 5.84. The highest BCUT2D eigenvalue weighted by atomic mass is 16.5. The van der Waals surface area contributed by atoms with Crippen LogP contribution in [0.1, 0.15) is 31.2 Å². The van der Waals surface area contributed by atoms with Crippen molar-refractivity contribution in [3.05, 3.63) is 35.9 Å². The third-order valence-electron chi connectivity index (χ3n) is 4.79. The molecular weight excluding hydrogens is 350 g/mol. The number of amides is 3. The van der Waals surface area contributed by atoms with Gasteiger partial charge in [-0.3, -0.25) is 9.59 Å². The van der Waals surface area contributed by atoms with Crippen LogP contribution in [-0.2, 0) is 20.9 Å². The lowest BCUT2D eigenvalue weighted by molar-refractivity contribution is -0.132. The van der Waals surface area contributed by atoms with Crippen molar-refractivity contribution in [3.8, 4) is 0 Å². The van der Waals surface area contributed by atoms with E-state index in [1.807, 2.05) is 30.3 Å². The van der Waals surface area contributed by atoms with Crippen LogP contribution in [0.5, 0.6) is 0 Å². The molecule has 3 amide bonds. The summed E-state index contributed by atoms with van der Waals surface area (Å²) < 4.78 is 5.18. The summed E-state index contributed by atoms with van der Waals surface area (Å²) in [5.74, 6) is -1.02. The van der Waals surface area contributed by atoms with Crippen molar-refractivity contribution < 1.29 is 24.2 Å². The van der Waals surface area contributed by atoms with Gasteiger partial charge in [-0.15, -0.1) is 0 Å². The molecule has 1 aliphatic carbocycles. The Kier molecular flexibility index (Phi) is 6.28. The maximum absolute atomic E-state index is 12.2. The molecule has 1 aromatic carbocycles. The second-order valence-corrected chi connectivity index (χ2v) is 7.05. The molecule has 146 valence electrons. The molecule has 0 bridgehead atoms. The Morgan fingerprint density at radius 2 is 1.96 bits per heavy atom. The highest BCUT2D eigenvalue weighted by Gasteiger charge is 2.36. The van der Waals surface area contributed by atoms with Gasteiger partial charge in [-0.1, -0.05) is 30.3 Å². The van der Waals surface area contributed by atoms with Gasteiger partial charge in [0.05, 0.1) is 6.04 Å². The molecular formula is C19H25N3O5. The van der Waals surface area contributed by atoms with Crippen LogP contribution in [-0.4, -0.2) is 47.7 Å². The topological polar surface area (TPSA) is 117 Å². The van der Waals surface area contributed by atoms with Crippen LogP contribution >= 0.6 is 0 Å². The first-order chi connectivity index (χ1) is 13.0. The zero-order valence-electron chi connectivity index (χ0n) is 15.0. The zero-order chi connectivity index (χ0) is 19.2. The van der Waals surface area contributed by atoms with Gasteiger partial charge in [0.1, 0.15) is 6.61 Å². The molecule has 4 N–H and O–H groups in total. The van der Waals surface area contributed by atoms with Gasteiger partial charge in [-0.2, -0.15) is 0 Å². The minimum atomic E-state index is -1.44. The summed E-state index contributed by atoms with van der Waals surface area (Å²) in [7, 11) is 0. The molecule has 1 unspecified atom stereocenters. The van der Waals surface area contributed by atoms with Crippen molar-refractivity contribution in [3.63, 3.8) is 0 Å². The van der Waals surface area contributed by atoms with E-state index in [-0.39, 0.29) is 30.9 Å². The molecule has 1 saturated carbocycles. The van der Waals surface area contributed by atoms with Crippen LogP contribution < -0.4 is 16.0 Å². The second kappa shape index (κ2) is 8.85. The summed E-state index contributed by atoms with van der Waals surface area (Å²) in [6, 6.07) is 8.38. The van der Waals surface area contributed by atoms with E-state index in [0.29, 0.717) is 13.0 Å².